The Morgan fingerprint density at radius 3 is 1.80 bits per heavy atom. The molecular weight excluding hydrogens is 378 g/mol. The molecule has 2 N–H and O–H groups in total. The van der Waals surface area contributed by atoms with E-state index in [1.165, 1.54) is 0 Å². The summed E-state index contributed by atoms with van der Waals surface area (Å²) in [7, 11) is 0. The molecule has 0 spiro atoms. The fourth-order valence-corrected chi connectivity index (χ4v) is 3.52. The van der Waals surface area contributed by atoms with Gasteiger partial charge < -0.3 is 10.6 Å². The number of nitrogens with one attached hydrogen (secondary N) is 2. The van der Waals surface area contributed by atoms with Gasteiger partial charge in [-0.05, 0) is 23.3 Å². The van der Waals surface area contributed by atoms with E-state index in [-0.39, 0.29) is 0 Å². The van der Waals surface area contributed by atoms with E-state index in [1.54, 1.807) is 24.3 Å². The summed E-state index contributed by atoms with van der Waals surface area (Å²) in [4.78, 5) is 39.6. The van der Waals surface area contributed by atoms with Crippen LogP contribution in [0.25, 0.3) is 0 Å². The number of amides is 4. The van der Waals surface area contributed by atoms with Crippen molar-refractivity contribution in [2.45, 2.75) is 19.1 Å². The Hall–Kier alpha value is -3.93. The monoisotopic (exact) mass is 399 g/mol. The lowest BCUT2D eigenvalue weighted by molar-refractivity contribution is 0.0563. The second-order valence-electron chi connectivity index (χ2n) is 7.04. The van der Waals surface area contributed by atoms with Crippen molar-refractivity contribution in [3.8, 4) is 0 Å². The third-order valence-corrected chi connectivity index (χ3v) is 5.00. The summed E-state index contributed by atoms with van der Waals surface area (Å²) in [5.41, 5.74) is 2.56. The third kappa shape index (κ3) is 4.07. The zero-order valence-corrected chi connectivity index (χ0v) is 16.2. The Balaban J connectivity index is 1.53. The summed E-state index contributed by atoms with van der Waals surface area (Å²) >= 11 is 0. The predicted octanol–water partition coefficient (Wildman–Crippen LogP) is 3.35. The van der Waals surface area contributed by atoms with Gasteiger partial charge in [0.15, 0.2) is 0 Å². The molecule has 30 heavy (non-hydrogen) atoms. The first-order valence-corrected chi connectivity index (χ1v) is 9.72. The molecule has 0 saturated heterocycles. The van der Waals surface area contributed by atoms with E-state index < -0.39 is 24.0 Å². The Bertz CT molecular complexity index is 1030. The zero-order chi connectivity index (χ0) is 20.9. The SMILES string of the molecule is O=C(NCc1ccccc1)NC(Cc1ccccc1)N1C(=O)c2ccccc2C1=O. The molecule has 0 aromatic heterocycles. The van der Waals surface area contributed by atoms with Crippen LogP contribution in [-0.4, -0.2) is 28.9 Å². The maximum atomic E-state index is 12.9. The zero-order valence-electron chi connectivity index (χ0n) is 16.2. The number of nitrogens with zero attached hydrogens (tertiary/aromatic N) is 1. The molecule has 0 radical (unpaired) electrons. The van der Waals surface area contributed by atoms with Gasteiger partial charge in [-0.15, -0.1) is 0 Å². The smallest absolute Gasteiger partial charge is 0.316 e. The summed E-state index contributed by atoms with van der Waals surface area (Å²) in [5, 5.41) is 5.60. The van der Waals surface area contributed by atoms with Crippen LogP contribution in [-0.2, 0) is 13.0 Å². The van der Waals surface area contributed by atoms with Crippen LogP contribution in [0.1, 0.15) is 31.8 Å². The number of carbonyl (C=O) groups is 3. The fourth-order valence-electron chi connectivity index (χ4n) is 3.52. The van der Waals surface area contributed by atoms with Gasteiger partial charge in [-0.1, -0.05) is 72.8 Å². The molecule has 150 valence electrons. The molecule has 1 unspecified atom stereocenters. The van der Waals surface area contributed by atoms with Crippen molar-refractivity contribution in [3.63, 3.8) is 0 Å². The molecule has 6 heteroatoms. The number of hydrogen-bond donors (Lipinski definition) is 2. The van der Waals surface area contributed by atoms with Gasteiger partial charge in [-0.3, -0.25) is 14.5 Å². The Morgan fingerprint density at radius 1 is 0.733 bits per heavy atom. The van der Waals surface area contributed by atoms with Crippen molar-refractivity contribution >= 4 is 17.8 Å². The van der Waals surface area contributed by atoms with Crippen molar-refractivity contribution in [1.29, 1.82) is 0 Å². The van der Waals surface area contributed by atoms with Gasteiger partial charge in [0.25, 0.3) is 11.8 Å². The van der Waals surface area contributed by atoms with Crippen LogP contribution >= 0.6 is 0 Å². The highest BCUT2D eigenvalue weighted by Gasteiger charge is 2.40. The highest BCUT2D eigenvalue weighted by molar-refractivity contribution is 6.21. The first kappa shape index (κ1) is 19.4. The number of fused-ring (bicyclic) bond motifs is 1. The lowest BCUT2D eigenvalue weighted by atomic mass is 10.1. The van der Waals surface area contributed by atoms with Crippen molar-refractivity contribution in [1.82, 2.24) is 15.5 Å². The minimum atomic E-state index is -0.810. The van der Waals surface area contributed by atoms with Crippen molar-refractivity contribution in [3.05, 3.63) is 107 Å². The summed E-state index contributed by atoms with van der Waals surface area (Å²) in [6.07, 6.45) is -0.499. The molecule has 3 aromatic rings. The van der Waals surface area contributed by atoms with E-state index in [2.05, 4.69) is 10.6 Å². The van der Waals surface area contributed by atoms with Crippen LogP contribution in [0.3, 0.4) is 0 Å². The average Bonchev–Trinajstić information content (AvgIpc) is 3.04. The number of imide groups is 1. The van der Waals surface area contributed by atoms with E-state index in [0.717, 1.165) is 16.0 Å². The number of urea groups is 1. The Kier molecular flexibility index (Phi) is 5.57. The van der Waals surface area contributed by atoms with Gasteiger partial charge in [0.05, 0.1) is 11.1 Å². The van der Waals surface area contributed by atoms with Crippen LogP contribution in [0.5, 0.6) is 0 Å². The van der Waals surface area contributed by atoms with Crippen LogP contribution in [0.15, 0.2) is 84.9 Å². The molecule has 1 aliphatic heterocycles. The quantitative estimate of drug-likeness (QED) is 0.624. The van der Waals surface area contributed by atoms with Gasteiger partial charge in [-0.25, -0.2) is 4.79 Å². The van der Waals surface area contributed by atoms with Crippen molar-refractivity contribution < 1.29 is 14.4 Å². The summed E-state index contributed by atoms with van der Waals surface area (Å²) < 4.78 is 0. The molecule has 4 amide bonds. The summed E-state index contributed by atoms with van der Waals surface area (Å²) in [5.74, 6) is -0.806. The van der Waals surface area contributed by atoms with E-state index in [1.807, 2.05) is 60.7 Å². The van der Waals surface area contributed by atoms with E-state index >= 15 is 0 Å². The number of hydrogen-bond acceptors (Lipinski definition) is 3. The minimum absolute atomic E-state index is 0.311. The first-order valence-electron chi connectivity index (χ1n) is 9.72. The predicted molar refractivity (Wildman–Crippen MR) is 113 cm³/mol. The summed E-state index contributed by atoms with van der Waals surface area (Å²) in [6, 6.07) is 25.2. The fraction of sp³-hybridized carbons (Fsp3) is 0.125. The molecule has 1 heterocycles. The molecule has 0 aliphatic carbocycles. The Morgan fingerprint density at radius 2 is 1.23 bits per heavy atom. The molecule has 3 aromatic carbocycles. The highest BCUT2D eigenvalue weighted by atomic mass is 16.2. The van der Waals surface area contributed by atoms with Crippen LogP contribution in [0.2, 0.25) is 0 Å². The van der Waals surface area contributed by atoms with Gasteiger partial charge >= 0.3 is 6.03 Å². The first-order chi connectivity index (χ1) is 14.6. The minimum Gasteiger partial charge on any atom is -0.334 e. The maximum Gasteiger partial charge on any atom is 0.316 e. The highest BCUT2D eigenvalue weighted by Crippen LogP contribution is 2.25. The van der Waals surface area contributed by atoms with E-state index in [9.17, 15) is 14.4 Å². The van der Waals surface area contributed by atoms with Crippen LogP contribution < -0.4 is 10.6 Å². The molecule has 1 aliphatic rings. The van der Waals surface area contributed by atoms with E-state index in [0.29, 0.717) is 24.1 Å². The lowest BCUT2D eigenvalue weighted by Crippen LogP contribution is -2.54. The molecule has 6 nitrogen and oxygen atoms in total. The van der Waals surface area contributed by atoms with Gasteiger partial charge in [0.1, 0.15) is 6.17 Å². The molecule has 0 saturated carbocycles. The molecule has 1 atom stereocenters. The van der Waals surface area contributed by atoms with Gasteiger partial charge in [-0.2, -0.15) is 0 Å². The number of benzene rings is 3. The maximum absolute atomic E-state index is 12.9. The average molecular weight is 399 g/mol. The third-order valence-electron chi connectivity index (χ3n) is 5.00. The summed E-state index contributed by atoms with van der Waals surface area (Å²) in [6.45, 7) is 0.340. The molecule has 0 fully saturated rings. The van der Waals surface area contributed by atoms with Crippen LogP contribution in [0, 0.1) is 0 Å². The van der Waals surface area contributed by atoms with E-state index in [4.69, 9.17) is 0 Å². The molecule has 4 rings (SSSR count). The van der Waals surface area contributed by atoms with Crippen molar-refractivity contribution in [2.75, 3.05) is 0 Å². The van der Waals surface area contributed by atoms with Crippen molar-refractivity contribution in [2.24, 2.45) is 0 Å². The lowest BCUT2D eigenvalue weighted by Gasteiger charge is -2.27. The Labute approximate surface area is 174 Å². The normalized spacial score (nSPS) is 13.7. The molecular formula is C24H21N3O3. The molecule has 0 bridgehead atoms. The van der Waals surface area contributed by atoms with Crippen LogP contribution in [0.4, 0.5) is 4.79 Å². The standard InChI is InChI=1S/C24H21N3O3/c28-22-19-13-7-8-14-20(19)23(29)27(22)21(15-17-9-3-1-4-10-17)26-24(30)25-16-18-11-5-2-6-12-18/h1-14,21H,15-16H2,(H2,25,26,30). The van der Waals surface area contributed by atoms with Gasteiger partial charge in [0.2, 0.25) is 0 Å². The largest absolute Gasteiger partial charge is 0.334 e. The number of carbonyl (C=O) groups excluding carboxylic acids is 3. The second-order valence-corrected chi connectivity index (χ2v) is 7.04. The topological polar surface area (TPSA) is 78.5 Å². The second kappa shape index (κ2) is 8.61. The van der Waals surface area contributed by atoms with Gasteiger partial charge in [0, 0.05) is 13.0 Å². The number of rotatable bonds is 6.